The maximum absolute atomic E-state index is 11.9. The molecule has 4 nitrogen and oxygen atoms in total. The van der Waals surface area contributed by atoms with Crippen molar-refractivity contribution in [1.82, 2.24) is 8.87 Å². The Balaban J connectivity index is 3.29. The third-order valence-corrected chi connectivity index (χ3v) is 4.43. The van der Waals surface area contributed by atoms with Crippen LogP contribution >= 0.6 is 11.6 Å². The molecule has 1 rings (SSSR count). The van der Waals surface area contributed by atoms with Crippen molar-refractivity contribution in [3.8, 4) is 0 Å². The first-order valence-corrected chi connectivity index (χ1v) is 6.97. The highest BCUT2D eigenvalue weighted by atomic mass is 35.5. The van der Waals surface area contributed by atoms with Crippen molar-refractivity contribution < 1.29 is 8.42 Å². The van der Waals surface area contributed by atoms with Gasteiger partial charge in [-0.15, -0.1) is 11.6 Å². The Morgan fingerprint density at radius 2 is 2.00 bits per heavy atom. The fraction of sp³-hybridized carbons (Fsp3) is 0.600. The minimum Gasteiger partial charge on any atom is -0.346 e. The van der Waals surface area contributed by atoms with Crippen LogP contribution in [0.2, 0.25) is 0 Å². The Hall–Kier alpha value is -0.520. The molecule has 0 saturated heterocycles. The molecule has 0 aromatic carbocycles. The van der Waals surface area contributed by atoms with Crippen molar-refractivity contribution in [2.75, 3.05) is 14.1 Å². The van der Waals surface area contributed by atoms with Gasteiger partial charge in [-0.25, -0.2) is 12.7 Å². The lowest BCUT2D eigenvalue weighted by molar-refractivity contribution is 0.519. The van der Waals surface area contributed by atoms with Gasteiger partial charge in [0, 0.05) is 32.0 Å². The summed E-state index contributed by atoms with van der Waals surface area (Å²) in [6.45, 7) is 3.98. The largest absolute Gasteiger partial charge is 0.346 e. The van der Waals surface area contributed by atoms with Crippen LogP contribution in [-0.4, -0.2) is 31.4 Å². The highest BCUT2D eigenvalue weighted by Crippen LogP contribution is 2.21. The minimum atomic E-state index is -3.37. The molecule has 1 aromatic heterocycles. The van der Waals surface area contributed by atoms with Gasteiger partial charge in [-0.2, -0.15) is 0 Å². The van der Waals surface area contributed by atoms with E-state index in [0.29, 0.717) is 10.8 Å². The minimum absolute atomic E-state index is 0.194. The van der Waals surface area contributed by atoms with Gasteiger partial charge in [0.05, 0.1) is 5.88 Å². The summed E-state index contributed by atoms with van der Waals surface area (Å²) < 4.78 is 26.9. The highest BCUT2D eigenvalue weighted by molar-refractivity contribution is 7.89. The van der Waals surface area contributed by atoms with Gasteiger partial charge in [0.25, 0.3) is 0 Å². The molecule has 0 aliphatic carbocycles. The van der Waals surface area contributed by atoms with Crippen LogP contribution in [0.15, 0.2) is 17.2 Å². The van der Waals surface area contributed by atoms with Crippen molar-refractivity contribution in [1.29, 1.82) is 0 Å². The lowest BCUT2D eigenvalue weighted by Crippen LogP contribution is -2.21. The number of alkyl halides is 1. The fourth-order valence-corrected chi connectivity index (χ4v) is 2.60. The maximum Gasteiger partial charge on any atom is 0.244 e. The molecule has 0 atom stereocenters. The van der Waals surface area contributed by atoms with Crippen molar-refractivity contribution in [2.45, 2.75) is 30.7 Å². The van der Waals surface area contributed by atoms with Crippen LogP contribution < -0.4 is 0 Å². The van der Waals surface area contributed by atoms with E-state index in [1.165, 1.54) is 18.4 Å². The van der Waals surface area contributed by atoms with Crippen molar-refractivity contribution >= 4 is 21.6 Å². The van der Waals surface area contributed by atoms with Gasteiger partial charge in [-0.05, 0) is 19.9 Å². The SMILES string of the molecule is CC(C)n1cc(S(=O)(=O)N(C)C)cc1CCl. The average Bonchev–Trinajstić information content (AvgIpc) is 2.61. The van der Waals surface area contributed by atoms with Crippen LogP contribution in [0.1, 0.15) is 25.6 Å². The van der Waals surface area contributed by atoms with Crippen LogP contribution in [0.3, 0.4) is 0 Å². The second kappa shape index (κ2) is 4.77. The molecule has 0 spiro atoms. The molecule has 0 aliphatic heterocycles. The number of rotatable bonds is 4. The monoisotopic (exact) mass is 264 g/mol. The van der Waals surface area contributed by atoms with E-state index in [1.807, 2.05) is 18.4 Å². The van der Waals surface area contributed by atoms with Gasteiger partial charge in [-0.3, -0.25) is 0 Å². The summed E-state index contributed by atoms with van der Waals surface area (Å²) in [6, 6.07) is 1.82. The van der Waals surface area contributed by atoms with E-state index in [2.05, 4.69) is 0 Å². The summed E-state index contributed by atoms with van der Waals surface area (Å²) in [7, 11) is -0.336. The van der Waals surface area contributed by atoms with E-state index < -0.39 is 10.0 Å². The van der Waals surface area contributed by atoms with E-state index in [-0.39, 0.29) is 6.04 Å². The summed E-state index contributed by atoms with van der Waals surface area (Å²) in [6.07, 6.45) is 1.64. The van der Waals surface area contributed by atoms with Gasteiger partial charge >= 0.3 is 0 Å². The molecule has 0 unspecified atom stereocenters. The first kappa shape index (κ1) is 13.5. The number of hydrogen-bond acceptors (Lipinski definition) is 2. The standard InChI is InChI=1S/C10H17ClN2O2S/c1-8(2)13-7-10(5-9(13)6-11)16(14,15)12(3)4/h5,7-8H,6H2,1-4H3. The molecular formula is C10H17ClN2O2S. The second-order valence-corrected chi connectivity index (χ2v) is 6.51. The van der Waals surface area contributed by atoms with Crippen molar-refractivity contribution in [3.63, 3.8) is 0 Å². The first-order chi connectivity index (χ1) is 7.30. The number of hydrogen-bond donors (Lipinski definition) is 0. The summed E-state index contributed by atoms with van der Waals surface area (Å²) >= 11 is 5.79. The third kappa shape index (κ3) is 2.42. The zero-order chi connectivity index (χ0) is 12.5. The zero-order valence-electron chi connectivity index (χ0n) is 9.94. The lowest BCUT2D eigenvalue weighted by Gasteiger charge is -2.11. The molecule has 1 heterocycles. The fourth-order valence-electron chi connectivity index (χ4n) is 1.44. The van der Waals surface area contributed by atoms with Crippen molar-refractivity contribution in [3.05, 3.63) is 18.0 Å². The third-order valence-electron chi connectivity index (χ3n) is 2.38. The molecule has 0 fully saturated rings. The second-order valence-electron chi connectivity index (χ2n) is 4.09. The van der Waals surface area contributed by atoms with E-state index in [1.54, 1.807) is 12.3 Å². The summed E-state index contributed by atoms with van der Waals surface area (Å²) in [5.74, 6) is 0.307. The van der Waals surface area contributed by atoms with Gasteiger partial charge in [0.2, 0.25) is 10.0 Å². The molecule has 0 radical (unpaired) electrons. The van der Waals surface area contributed by atoms with E-state index in [9.17, 15) is 8.42 Å². The normalized spacial score (nSPS) is 12.7. The molecule has 0 N–H and O–H groups in total. The number of sulfonamides is 1. The molecule has 0 amide bonds. The summed E-state index contributed by atoms with van der Waals surface area (Å²) in [5.41, 5.74) is 0.817. The Bertz CT molecular complexity index is 463. The zero-order valence-corrected chi connectivity index (χ0v) is 11.5. The molecule has 0 bridgehead atoms. The molecule has 16 heavy (non-hydrogen) atoms. The number of nitrogens with zero attached hydrogens (tertiary/aromatic N) is 2. The van der Waals surface area contributed by atoms with Gasteiger partial charge in [0.15, 0.2) is 0 Å². The highest BCUT2D eigenvalue weighted by Gasteiger charge is 2.21. The number of aromatic nitrogens is 1. The van der Waals surface area contributed by atoms with Gasteiger partial charge in [-0.1, -0.05) is 0 Å². The van der Waals surface area contributed by atoms with E-state index in [0.717, 1.165) is 5.69 Å². The molecule has 92 valence electrons. The topological polar surface area (TPSA) is 42.3 Å². The summed E-state index contributed by atoms with van der Waals surface area (Å²) in [4.78, 5) is 0.293. The van der Waals surface area contributed by atoms with E-state index >= 15 is 0 Å². The predicted octanol–water partition coefficient (Wildman–Crippen LogP) is 2.06. The Morgan fingerprint density at radius 1 is 1.44 bits per heavy atom. The number of halogens is 1. The smallest absolute Gasteiger partial charge is 0.244 e. The summed E-state index contributed by atoms with van der Waals surface area (Å²) in [5, 5.41) is 0. The van der Waals surface area contributed by atoms with E-state index in [4.69, 9.17) is 11.6 Å². The van der Waals surface area contributed by atoms with Crippen LogP contribution in [0.25, 0.3) is 0 Å². The van der Waals surface area contributed by atoms with Crippen molar-refractivity contribution in [2.24, 2.45) is 0 Å². The predicted molar refractivity (Wildman–Crippen MR) is 65.2 cm³/mol. The Morgan fingerprint density at radius 3 is 2.31 bits per heavy atom. The molecule has 1 aromatic rings. The molecule has 0 saturated carbocycles. The lowest BCUT2D eigenvalue weighted by atomic mass is 10.4. The molecule has 0 aliphatic rings. The maximum atomic E-state index is 11.9. The molecular weight excluding hydrogens is 248 g/mol. The van der Waals surface area contributed by atoms with Gasteiger partial charge in [0.1, 0.15) is 4.90 Å². The van der Waals surface area contributed by atoms with Crippen LogP contribution in [0.5, 0.6) is 0 Å². The average molecular weight is 265 g/mol. The van der Waals surface area contributed by atoms with Crippen LogP contribution in [0.4, 0.5) is 0 Å². The first-order valence-electron chi connectivity index (χ1n) is 5.00. The van der Waals surface area contributed by atoms with Crippen LogP contribution in [-0.2, 0) is 15.9 Å². The Labute approximate surface area is 102 Å². The molecule has 6 heteroatoms. The van der Waals surface area contributed by atoms with Gasteiger partial charge < -0.3 is 4.57 Å². The Kier molecular flexibility index (Phi) is 4.04. The quantitative estimate of drug-likeness (QED) is 0.782. The van der Waals surface area contributed by atoms with Crippen LogP contribution in [0, 0.1) is 0 Å².